The summed E-state index contributed by atoms with van der Waals surface area (Å²) in [5.41, 5.74) is 2.23. The summed E-state index contributed by atoms with van der Waals surface area (Å²) in [7, 11) is 0. The fourth-order valence-corrected chi connectivity index (χ4v) is 13.8. The predicted octanol–water partition coefficient (Wildman–Crippen LogP) is 7.69. The number of thioether (sulfide) groups is 1. The van der Waals surface area contributed by atoms with E-state index in [0.717, 1.165) is 79.8 Å². The van der Waals surface area contributed by atoms with Crippen LogP contribution in [0.4, 0.5) is 4.79 Å². The monoisotopic (exact) mass is 799 g/mol. The van der Waals surface area contributed by atoms with Crippen LogP contribution >= 0.6 is 11.8 Å². The van der Waals surface area contributed by atoms with Crippen molar-refractivity contribution in [1.82, 2.24) is 21.3 Å². The number of urea groups is 1. The summed E-state index contributed by atoms with van der Waals surface area (Å²) in [6, 6.07) is 0.374. The van der Waals surface area contributed by atoms with Crippen molar-refractivity contribution in [2.45, 2.75) is 167 Å². The Bertz CT molecular complexity index is 1410. The summed E-state index contributed by atoms with van der Waals surface area (Å²) in [6.07, 6.45) is 19.6. The summed E-state index contributed by atoms with van der Waals surface area (Å²) >= 11 is 1.90. The number of hydrogen-bond acceptors (Lipinski definition) is 7. The summed E-state index contributed by atoms with van der Waals surface area (Å²) in [5.74, 6) is 5.37. The van der Waals surface area contributed by atoms with Gasteiger partial charge in [-0.2, -0.15) is 11.8 Å². The van der Waals surface area contributed by atoms with Gasteiger partial charge in [-0.05, 0) is 104 Å². The van der Waals surface area contributed by atoms with Crippen molar-refractivity contribution in [1.29, 1.82) is 0 Å². The molecule has 4 N–H and O–H groups in total. The van der Waals surface area contributed by atoms with E-state index in [4.69, 9.17) is 9.47 Å². The van der Waals surface area contributed by atoms with Gasteiger partial charge in [0.05, 0.1) is 31.7 Å². The van der Waals surface area contributed by atoms with Crippen LogP contribution in [0, 0.1) is 46.3 Å². The minimum atomic E-state index is -0.284. The maximum Gasteiger partial charge on any atom is 0.315 e. The highest BCUT2D eigenvalue weighted by molar-refractivity contribution is 8.00. The third kappa shape index (κ3) is 10.5. The molecule has 2 aliphatic heterocycles. The molecule has 4 aliphatic carbocycles. The second kappa shape index (κ2) is 19.7. The Morgan fingerprint density at radius 2 is 1.66 bits per heavy atom. The number of amides is 4. The summed E-state index contributed by atoms with van der Waals surface area (Å²) in [4.78, 5) is 49.0. The Morgan fingerprint density at radius 1 is 0.893 bits per heavy atom. The van der Waals surface area contributed by atoms with Crippen LogP contribution in [-0.2, 0) is 23.9 Å². The van der Waals surface area contributed by atoms with E-state index in [1.807, 2.05) is 11.8 Å². The number of rotatable bonds is 20. The average molecular weight is 799 g/mol. The number of allylic oxidation sites excluding steroid dienone is 1. The van der Waals surface area contributed by atoms with Gasteiger partial charge in [-0.1, -0.05) is 72.0 Å². The third-order valence-electron chi connectivity index (χ3n) is 15.3. The highest BCUT2D eigenvalue weighted by Crippen LogP contribution is 2.67. The Morgan fingerprint density at radius 3 is 2.43 bits per heavy atom. The van der Waals surface area contributed by atoms with Crippen molar-refractivity contribution >= 4 is 35.6 Å². The molecule has 2 saturated heterocycles. The number of esters is 1. The zero-order chi connectivity index (χ0) is 39.9. The molecule has 0 unspecified atom stereocenters. The van der Waals surface area contributed by atoms with Crippen LogP contribution in [0.25, 0.3) is 0 Å². The third-order valence-corrected chi connectivity index (χ3v) is 16.8. The number of hydrogen-bond donors (Lipinski definition) is 4. The molecule has 0 aromatic rings. The standard InChI is InChI=1S/C45H74N4O6S/c1-29(2)9-8-10-30(3)34-15-16-35-33-14-13-31-27-32(19-21-44(31,4)36(33)20-22-45(34,35)5)55-41(52)18-17-40(51)47-24-26-54-25-23-46-39(50)12-7-6-11-38-42-37(28-56-38)48-43(53)49-42/h13,29-30,32-38,42H,6-12,14-28H2,1-5H3,(H,46,50)(H,47,51)(H2,48,49,53)/t30-,32-,33+,34-,35+,36+,37-,38-,42-,44+,45-/m1/s1. The van der Waals surface area contributed by atoms with E-state index < -0.39 is 0 Å². The molecule has 316 valence electrons. The van der Waals surface area contributed by atoms with Gasteiger partial charge in [-0.3, -0.25) is 14.4 Å². The molecule has 4 amide bonds. The van der Waals surface area contributed by atoms with Crippen molar-refractivity contribution in [3.8, 4) is 0 Å². The topological polar surface area (TPSA) is 135 Å². The van der Waals surface area contributed by atoms with Crippen molar-refractivity contribution in [3.05, 3.63) is 11.6 Å². The molecule has 6 rings (SSSR count). The van der Waals surface area contributed by atoms with E-state index in [-0.39, 0.29) is 60.3 Å². The molecule has 2 heterocycles. The Labute approximate surface area is 341 Å². The van der Waals surface area contributed by atoms with E-state index in [0.29, 0.717) is 43.4 Å². The molecule has 11 heteroatoms. The van der Waals surface area contributed by atoms with Gasteiger partial charge in [-0.15, -0.1) is 0 Å². The average Bonchev–Trinajstić information content (AvgIpc) is 3.83. The molecular formula is C45H74N4O6S. The molecule has 11 atom stereocenters. The van der Waals surface area contributed by atoms with E-state index in [2.05, 4.69) is 62.0 Å². The second-order valence-corrected chi connectivity index (χ2v) is 20.6. The number of unbranched alkanes of at least 4 members (excludes halogenated alkanes) is 1. The molecule has 0 spiro atoms. The molecule has 3 saturated carbocycles. The van der Waals surface area contributed by atoms with Crippen molar-refractivity contribution < 1.29 is 28.7 Å². The van der Waals surface area contributed by atoms with E-state index in [1.54, 1.807) is 0 Å². The largest absolute Gasteiger partial charge is 0.462 e. The van der Waals surface area contributed by atoms with Gasteiger partial charge >= 0.3 is 12.0 Å². The molecule has 5 fully saturated rings. The first-order valence-corrected chi connectivity index (χ1v) is 23.6. The van der Waals surface area contributed by atoms with Crippen LogP contribution in [0.3, 0.4) is 0 Å². The number of ether oxygens (including phenoxy) is 2. The van der Waals surface area contributed by atoms with Gasteiger partial charge in [0.15, 0.2) is 0 Å². The zero-order valence-electron chi connectivity index (χ0n) is 35.3. The quantitative estimate of drug-likeness (QED) is 0.0430. The minimum Gasteiger partial charge on any atom is -0.462 e. The highest BCUT2D eigenvalue weighted by atomic mass is 32.2. The number of carbonyl (C=O) groups is 4. The fourth-order valence-electron chi connectivity index (χ4n) is 12.3. The van der Waals surface area contributed by atoms with Gasteiger partial charge in [0.25, 0.3) is 0 Å². The van der Waals surface area contributed by atoms with Crippen LogP contribution in [0.2, 0.25) is 0 Å². The van der Waals surface area contributed by atoms with Crippen LogP contribution in [0.15, 0.2) is 11.6 Å². The van der Waals surface area contributed by atoms with Gasteiger partial charge in [0, 0.05) is 43.4 Å². The number of fused-ring (bicyclic) bond motifs is 6. The van der Waals surface area contributed by atoms with Crippen LogP contribution in [-0.4, -0.2) is 79.3 Å². The molecule has 10 nitrogen and oxygen atoms in total. The molecule has 6 aliphatic rings. The fraction of sp³-hybridized carbons (Fsp3) is 0.867. The molecule has 0 aromatic carbocycles. The summed E-state index contributed by atoms with van der Waals surface area (Å²) < 4.78 is 11.5. The molecule has 0 radical (unpaired) electrons. The molecule has 56 heavy (non-hydrogen) atoms. The van der Waals surface area contributed by atoms with E-state index in [1.165, 1.54) is 56.9 Å². The van der Waals surface area contributed by atoms with Gasteiger partial charge in [0.2, 0.25) is 11.8 Å². The maximum atomic E-state index is 12.8. The first-order valence-electron chi connectivity index (χ1n) is 22.6. The molecular weight excluding hydrogens is 725 g/mol. The predicted molar refractivity (Wildman–Crippen MR) is 223 cm³/mol. The molecule has 0 bridgehead atoms. The van der Waals surface area contributed by atoms with Crippen LogP contribution < -0.4 is 21.3 Å². The van der Waals surface area contributed by atoms with Crippen molar-refractivity contribution in [3.63, 3.8) is 0 Å². The van der Waals surface area contributed by atoms with Gasteiger partial charge in [0.1, 0.15) is 6.10 Å². The second-order valence-electron chi connectivity index (χ2n) is 19.3. The summed E-state index contributed by atoms with van der Waals surface area (Å²) in [6.45, 7) is 13.9. The maximum absolute atomic E-state index is 12.8. The van der Waals surface area contributed by atoms with Crippen molar-refractivity contribution in [2.24, 2.45) is 46.3 Å². The number of carbonyl (C=O) groups excluding carboxylic acids is 4. The summed E-state index contributed by atoms with van der Waals surface area (Å²) in [5, 5.41) is 12.1. The lowest BCUT2D eigenvalue weighted by atomic mass is 9.47. The Balaban J connectivity index is 0.805. The Hall–Kier alpha value is -2.27. The van der Waals surface area contributed by atoms with Gasteiger partial charge < -0.3 is 30.7 Å². The van der Waals surface area contributed by atoms with Crippen molar-refractivity contribution in [2.75, 3.05) is 32.1 Å². The van der Waals surface area contributed by atoms with Crippen LogP contribution in [0.1, 0.15) is 144 Å². The number of nitrogens with one attached hydrogen (secondary N) is 4. The lowest BCUT2D eigenvalue weighted by molar-refractivity contribution is -0.152. The van der Waals surface area contributed by atoms with E-state index in [9.17, 15) is 19.2 Å². The first kappa shape index (κ1) is 43.3. The Kier molecular flexibility index (Phi) is 15.2. The van der Waals surface area contributed by atoms with E-state index >= 15 is 0 Å². The highest BCUT2D eigenvalue weighted by Gasteiger charge is 2.59. The normalized spacial score (nSPS) is 35.0. The smallest absolute Gasteiger partial charge is 0.315 e. The first-order chi connectivity index (χ1) is 26.9. The minimum absolute atomic E-state index is 0.0134. The van der Waals surface area contributed by atoms with Crippen LogP contribution in [0.5, 0.6) is 0 Å². The van der Waals surface area contributed by atoms with Gasteiger partial charge in [-0.25, -0.2) is 4.79 Å². The SMILES string of the molecule is CC(C)CCC[C@@H](C)[C@H]1CC[C@H]2[C@@H]3CC=C4C[C@H](OC(=O)CCC(=O)NCCOCCNC(=O)CCCC[C@H]5SC[C@H]6NC(=O)N[C@H]65)CC[C@]4(C)[C@H]3CC[C@]12C. The lowest BCUT2D eigenvalue weighted by Crippen LogP contribution is -2.51. The zero-order valence-corrected chi connectivity index (χ0v) is 36.1. The molecule has 0 aromatic heterocycles. The lowest BCUT2D eigenvalue weighted by Gasteiger charge is -2.58.